The van der Waals surface area contributed by atoms with Gasteiger partial charge in [-0.25, -0.2) is 0 Å². The van der Waals surface area contributed by atoms with Crippen molar-refractivity contribution in [2.24, 2.45) is 0 Å². The lowest BCUT2D eigenvalue weighted by Crippen LogP contribution is -2.05. The van der Waals surface area contributed by atoms with Crippen LogP contribution >= 0.6 is 11.6 Å². The standard InChI is InChI=1S/C13H15ClO2/c1-2-10(15)6-7-11-8-9-4-3-5-12(14)13(9)16-11/h3-5,8,10,15H,2,6-7H2,1H3. The molecule has 2 nitrogen and oxygen atoms in total. The number of benzene rings is 1. The quantitative estimate of drug-likeness (QED) is 0.879. The lowest BCUT2D eigenvalue weighted by atomic mass is 10.1. The monoisotopic (exact) mass is 238 g/mol. The summed E-state index contributed by atoms with van der Waals surface area (Å²) in [5, 5.41) is 11.1. The Morgan fingerprint density at radius 2 is 2.25 bits per heavy atom. The Hall–Kier alpha value is -0.990. The zero-order valence-corrected chi connectivity index (χ0v) is 10.00. The van der Waals surface area contributed by atoms with Gasteiger partial charge in [-0.2, -0.15) is 0 Å². The van der Waals surface area contributed by atoms with Crippen molar-refractivity contribution in [3.05, 3.63) is 35.0 Å². The van der Waals surface area contributed by atoms with E-state index in [4.69, 9.17) is 16.0 Å². The van der Waals surface area contributed by atoms with Crippen LogP contribution in [0.4, 0.5) is 0 Å². The van der Waals surface area contributed by atoms with Gasteiger partial charge in [-0.3, -0.25) is 0 Å². The van der Waals surface area contributed by atoms with Crippen molar-refractivity contribution in [1.29, 1.82) is 0 Å². The maximum absolute atomic E-state index is 9.48. The first-order valence-corrected chi connectivity index (χ1v) is 5.93. The molecule has 2 aromatic rings. The third kappa shape index (κ3) is 2.39. The fraction of sp³-hybridized carbons (Fsp3) is 0.385. The Kier molecular flexibility index (Phi) is 3.52. The van der Waals surface area contributed by atoms with Crippen LogP contribution in [0.2, 0.25) is 5.02 Å². The van der Waals surface area contributed by atoms with Gasteiger partial charge in [0, 0.05) is 11.8 Å². The number of halogens is 1. The van der Waals surface area contributed by atoms with Crippen LogP contribution in [-0.4, -0.2) is 11.2 Å². The highest BCUT2D eigenvalue weighted by Gasteiger charge is 2.08. The van der Waals surface area contributed by atoms with Gasteiger partial charge in [0.2, 0.25) is 0 Å². The summed E-state index contributed by atoms with van der Waals surface area (Å²) in [7, 11) is 0. The molecule has 0 bridgehead atoms. The maximum atomic E-state index is 9.48. The average Bonchev–Trinajstić information content (AvgIpc) is 2.70. The molecule has 0 aliphatic heterocycles. The molecular formula is C13H15ClO2. The molecule has 1 unspecified atom stereocenters. The summed E-state index contributed by atoms with van der Waals surface area (Å²) >= 11 is 6.02. The fourth-order valence-corrected chi connectivity index (χ4v) is 1.94. The summed E-state index contributed by atoms with van der Waals surface area (Å²) in [6.45, 7) is 1.97. The second kappa shape index (κ2) is 4.89. The number of rotatable bonds is 4. The van der Waals surface area contributed by atoms with Crippen LogP contribution in [0.1, 0.15) is 25.5 Å². The number of aryl methyl sites for hydroxylation is 1. The van der Waals surface area contributed by atoms with Crippen molar-refractivity contribution >= 4 is 22.6 Å². The number of para-hydroxylation sites is 1. The molecule has 1 aromatic carbocycles. The third-order valence-electron chi connectivity index (χ3n) is 2.74. The Morgan fingerprint density at radius 3 is 2.94 bits per heavy atom. The van der Waals surface area contributed by atoms with E-state index in [0.29, 0.717) is 5.02 Å². The van der Waals surface area contributed by atoms with Gasteiger partial charge in [0.15, 0.2) is 5.58 Å². The van der Waals surface area contributed by atoms with E-state index in [-0.39, 0.29) is 6.10 Å². The van der Waals surface area contributed by atoms with Gasteiger partial charge in [0.1, 0.15) is 5.76 Å². The van der Waals surface area contributed by atoms with Crippen LogP contribution in [0.15, 0.2) is 28.7 Å². The highest BCUT2D eigenvalue weighted by Crippen LogP contribution is 2.27. The van der Waals surface area contributed by atoms with Gasteiger partial charge in [-0.15, -0.1) is 0 Å². The molecule has 0 saturated carbocycles. The first-order valence-electron chi connectivity index (χ1n) is 5.55. The summed E-state index contributed by atoms with van der Waals surface area (Å²) in [6, 6.07) is 7.69. The largest absolute Gasteiger partial charge is 0.460 e. The normalized spacial score (nSPS) is 13.2. The van der Waals surface area contributed by atoms with E-state index in [2.05, 4.69) is 0 Å². The summed E-state index contributed by atoms with van der Waals surface area (Å²) in [4.78, 5) is 0. The molecule has 1 aromatic heterocycles. The van der Waals surface area contributed by atoms with E-state index < -0.39 is 0 Å². The zero-order valence-electron chi connectivity index (χ0n) is 9.24. The number of furan rings is 1. The molecule has 16 heavy (non-hydrogen) atoms. The minimum atomic E-state index is -0.247. The number of fused-ring (bicyclic) bond motifs is 1. The second-order valence-electron chi connectivity index (χ2n) is 3.97. The molecule has 0 spiro atoms. The van der Waals surface area contributed by atoms with Crippen molar-refractivity contribution in [2.75, 3.05) is 0 Å². The van der Waals surface area contributed by atoms with E-state index in [9.17, 15) is 5.11 Å². The van der Waals surface area contributed by atoms with E-state index in [0.717, 1.165) is 36.0 Å². The minimum Gasteiger partial charge on any atom is -0.460 e. The van der Waals surface area contributed by atoms with Crippen molar-refractivity contribution in [2.45, 2.75) is 32.3 Å². The highest BCUT2D eigenvalue weighted by atomic mass is 35.5. The first-order chi connectivity index (χ1) is 7.70. The van der Waals surface area contributed by atoms with Gasteiger partial charge in [-0.05, 0) is 25.0 Å². The van der Waals surface area contributed by atoms with Crippen LogP contribution in [0.3, 0.4) is 0 Å². The maximum Gasteiger partial charge on any atom is 0.152 e. The fourth-order valence-electron chi connectivity index (χ4n) is 1.72. The topological polar surface area (TPSA) is 33.4 Å². The molecule has 1 heterocycles. The predicted molar refractivity (Wildman–Crippen MR) is 65.8 cm³/mol. The number of aliphatic hydroxyl groups excluding tert-OH is 1. The molecule has 86 valence electrons. The van der Waals surface area contributed by atoms with Crippen molar-refractivity contribution in [1.82, 2.24) is 0 Å². The van der Waals surface area contributed by atoms with Crippen molar-refractivity contribution < 1.29 is 9.52 Å². The van der Waals surface area contributed by atoms with Gasteiger partial charge in [0.25, 0.3) is 0 Å². The lowest BCUT2D eigenvalue weighted by molar-refractivity contribution is 0.158. The molecular weight excluding hydrogens is 224 g/mol. The summed E-state index contributed by atoms with van der Waals surface area (Å²) < 4.78 is 5.65. The van der Waals surface area contributed by atoms with Crippen LogP contribution < -0.4 is 0 Å². The van der Waals surface area contributed by atoms with Gasteiger partial charge >= 0.3 is 0 Å². The van der Waals surface area contributed by atoms with Gasteiger partial charge < -0.3 is 9.52 Å². The molecule has 0 saturated heterocycles. The molecule has 3 heteroatoms. The zero-order chi connectivity index (χ0) is 11.5. The Bertz CT molecular complexity index is 476. The average molecular weight is 239 g/mol. The minimum absolute atomic E-state index is 0.247. The number of aliphatic hydroxyl groups is 1. The Balaban J connectivity index is 2.17. The molecule has 2 rings (SSSR count). The third-order valence-corrected chi connectivity index (χ3v) is 3.04. The van der Waals surface area contributed by atoms with E-state index >= 15 is 0 Å². The summed E-state index contributed by atoms with van der Waals surface area (Å²) in [5.74, 6) is 0.885. The van der Waals surface area contributed by atoms with E-state index in [1.165, 1.54) is 0 Å². The van der Waals surface area contributed by atoms with E-state index in [1.54, 1.807) is 0 Å². The summed E-state index contributed by atoms with van der Waals surface area (Å²) in [5.41, 5.74) is 0.741. The van der Waals surface area contributed by atoms with Crippen LogP contribution in [0.5, 0.6) is 0 Å². The first kappa shape index (κ1) is 11.5. The van der Waals surface area contributed by atoms with Gasteiger partial charge in [-0.1, -0.05) is 30.7 Å². The molecule has 0 aliphatic rings. The number of hydrogen-bond acceptors (Lipinski definition) is 2. The molecule has 0 fully saturated rings. The predicted octanol–water partition coefficient (Wildman–Crippen LogP) is 3.79. The van der Waals surface area contributed by atoms with Crippen molar-refractivity contribution in [3.8, 4) is 0 Å². The van der Waals surface area contributed by atoms with E-state index in [1.807, 2.05) is 31.2 Å². The number of hydrogen-bond donors (Lipinski definition) is 1. The smallest absolute Gasteiger partial charge is 0.152 e. The molecule has 1 N–H and O–H groups in total. The van der Waals surface area contributed by atoms with Crippen molar-refractivity contribution in [3.63, 3.8) is 0 Å². The van der Waals surface area contributed by atoms with Crippen LogP contribution in [-0.2, 0) is 6.42 Å². The Morgan fingerprint density at radius 1 is 1.44 bits per heavy atom. The molecule has 0 aliphatic carbocycles. The second-order valence-corrected chi connectivity index (χ2v) is 4.38. The Labute approximate surface area is 99.8 Å². The SMILES string of the molecule is CCC(O)CCc1cc2cccc(Cl)c2o1. The van der Waals surface area contributed by atoms with Crippen LogP contribution in [0, 0.1) is 0 Å². The highest BCUT2D eigenvalue weighted by molar-refractivity contribution is 6.34. The molecule has 0 radical (unpaired) electrons. The van der Waals surface area contributed by atoms with Gasteiger partial charge in [0.05, 0.1) is 11.1 Å². The molecule has 0 amide bonds. The summed E-state index contributed by atoms with van der Waals surface area (Å²) in [6.07, 6.45) is 2.01. The van der Waals surface area contributed by atoms with Crippen LogP contribution in [0.25, 0.3) is 11.0 Å². The molecule has 1 atom stereocenters. The lowest BCUT2D eigenvalue weighted by Gasteiger charge is -2.04.